The van der Waals surface area contributed by atoms with Crippen molar-refractivity contribution in [3.05, 3.63) is 35.6 Å². The van der Waals surface area contributed by atoms with Crippen LogP contribution in [0.3, 0.4) is 0 Å². The minimum atomic E-state index is -1.03. The molecule has 1 aliphatic carbocycles. The summed E-state index contributed by atoms with van der Waals surface area (Å²) in [6.45, 7) is 3.14. The largest absolute Gasteiger partial charge is 0.475 e. The summed E-state index contributed by atoms with van der Waals surface area (Å²) in [5.41, 5.74) is 1.79. The van der Waals surface area contributed by atoms with Gasteiger partial charge in [-0.25, -0.2) is 4.79 Å². The van der Waals surface area contributed by atoms with Gasteiger partial charge in [0.15, 0.2) is 0 Å². The van der Waals surface area contributed by atoms with Gasteiger partial charge in [-0.05, 0) is 42.5 Å². The highest BCUT2D eigenvalue weighted by Crippen LogP contribution is 2.24. The molecule has 1 aliphatic rings. The van der Waals surface area contributed by atoms with Gasteiger partial charge in [0, 0.05) is 18.0 Å². The molecule has 0 aliphatic heterocycles. The number of nitrogens with one attached hydrogen (secondary N) is 1. The number of hydrogen-bond donors (Lipinski definition) is 2. The van der Waals surface area contributed by atoms with Crippen LogP contribution in [0.5, 0.6) is 0 Å². The van der Waals surface area contributed by atoms with E-state index in [1.165, 1.54) is 31.2 Å². The van der Waals surface area contributed by atoms with Crippen LogP contribution < -0.4 is 5.32 Å². The Bertz CT molecular complexity index is 647. The third-order valence-corrected chi connectivity index (χ3v) is 4.32. The molecule has 21 heavy (non-hydrogen) atoms. The molecule has 1 saturated carbocycles. The lowest BCUT2D eigenvalue weighted by atomic mass is 9.87. The van der Waals surface area contributed by atoms with Crippen LogP contribution in [0.1, 0.15) is 48.7 Å². The summed E-state index contributed by atoms with van der Waals surface area (Å²) in [4.78, 5) is 10.9. The molecule has 2 aromatic rings. The fraction of sp³-hybridized carbons (Fsp3) is 0.471. The van der Waals surface area contributed by atoms with E-state index in [4.69, 9.17) is 9.52 Å². The number of benzene rings is 1. The van der Waals surface area contributed by atoms with E-state index in [0.717, 1.165) is 17.8 Å². The first-order valence-electron chi connectivity index (χ1n) is 7.61. The molecule has 4 heteroatoms. The Balaban J connectivity index is 1.68. The fourth-order valence-corrected chi connectivity index (χ4v) is 3.19. The monoisotopic (exact) mass is 287 g/mol. The highest BCUT2D eigenvalue weighted by atomic mass is 16.4. The van der Waals surface area contributed by atoms with Crippen LogP contribution in [0.15, 0.2) is 28.7 Å². The third-order valence-electron chi connectivity index (χ3n) is 4.32. The molecule has 1 heterocycles. The minimum Gasteiger partial charge on any atom is -0.475 e. The van der Waals surface area contributed by atoms with E-state index in [-0.39, 0.29) is 5.76 Å². The van der Waals surface area contributed by atoms with Gasteiger partial charge >= 0.3 is 5.97 Å². The van der Waals surface area contributed by atoms with Crippen LogP contribution in [0, 0.1) is 5.92 Å². The molecule has 0 amide bonds. The van der Waals surface area contributed by atoms with Crippen LogP contribution in [0.2, 0.25) is 0 Å². The van der Waals surface area contributed by atoms with E-state index < -0.39 is 5.97 Å². The van der Waals surface area contributed by atoms with Gasteiger partial charge in [-0.15, -0.1) is 0 Å². The summed E-state index contributed by atoms with van der Waals surface area (Å²) in [6, 6.07) is 8.04. The van der Waals surface area contributed by atoms with E-state index >= 15 is 0 Å². The smallest absolute Gasteiger partial charge is 0.371 e. The van der Waals surface area contributed by atoms with Crippen molar-refractivity contribution in [1.82, 2.24) is 5.32 Å². The van der Waals surface area contributed by atoms with E-state index in [1.54, 1.807) is 6.07 Å². The Kier molecular flexibility index (Phi) is 3.97. The number of carboxylic acid groups (broad SMARTS) is 1. The van der Waals surface area contributed by atoms with Gasteiger partial charge in [0.05, 0.1) is 0 Å². The highest BCUT2D eigenvalue weighted by molar-refractivity contribution is 5.91. The quantitative estimate of drug-likeness (QED) is 0.898. The molecule has 0 spiro atoms. The van der Waals surface area contributed by atoms with Crippen LogP contribution >= 0.6 is 0 Å². The Morgan fingerprint density at radius 1 is 1.38 bits per heavy atom. The van der Waals surface area contributed by atoms with Gasteiger partial charge in [0.2, 0.25) is 5.76 Å². The van der Waals surface area contributed by atoms with Crippen molar-refractivity contribution < 1.29 is 14.3 Å². The van der Waals surface area contributed by atoms with Gasteiger partial charge in [0.25, 0.3) is 0 Å². The number of fused-ring (bicyclic) bond motifs is 1. The summed E-state index contributed by atoms with van der Waals surface area (Å²) >= 11 is 0. The molecule has 4 nitrogen and oxygen atoms in total. The first-order chi connectivity index (χ1) is 10.1. The molecular weight excluding hydrogens is 266 g/mol. The van der Waals surface area contributed by atoms with Gasteiger partial charge in [-0.2, -0.15) is 0 Å². The van der Waals surface area contributed by atoms with E-state index in [9.17, 15) is 4.79 Å². The van der Waals surface area contributed by atoms with E-state index in [2.05, 4.69) is 12.2 Å². The predicted molar refractivity (Wildman–Crippen MR) is 81.4 cm³/mol. The summed E-state index contributed by atoms with van der Waals surface area (Å²) in [7, 11) is 0. The Morgan fingerprint density at radius 3 is 3.00 bits per heavy atom. The molecule has 1 aromatic carbocycles. The van der Waals surface area contributed by atoms with E-state index in [1.807, 2.05) is 18.2 Å². The van der Waals surface area contributed by atoms with Crippen molar-refractivity contribution in [2.75, 3.05) is 0 Å². The number of rotatable bonds is 4. The zero-order valence-electron chi connectivity index (χ0n) is 12.3. The van der Waals surface area contributed by atoms with Crippen molar-refractivity contribution in [2.24, 2.45) is 5.92 Å². The van der Waals surface area contributed by atoms with Crippen LogP contribution in [0.25, 0.3) is 11.0 Å². The second-order valence-corrected chi connectivity index (χ2v) is 6.14. The SMILES string of the molecule is CC1CCCC(NCc2ccc3oc(C(=O)O)cc3c2)C1. The minimum absolute atomic E-state index is 0.00351. The maximum Gasteiger partial charge on any atom is 0.371 e. The molecule has 2 atom stereocenters. The summed E-state index contributed by atoms with van der Waals surface area (Å²) < 4.78 is 5.27. The van der Waals surface area contributed by atoms with E-state index in [0.29, 0.717) is 11.6 Å². The molecular formula is C17H21NO3. The van der Waals surface area contributed by atoms with Crippen LogP contribution in [-0.4, -0.2) is 17.1 Å². The second kappa shape index (κ2) is 5.90. The summed E-state index contributed by atoms with van der Waals surface area (Å²) in [6.07, 6.45) is 5.15. The van der Waals surface area contributed by atoms with Gasteiger partial charge in [0.1, 0.15) is 5.58 Å². The predicted octanol–water partition coefficient (Wildman–Crippen LogP) is 3.80. The zero-order valence-corrected chi connectivity index (χ0v) is 12.3. The topological polar surface area (TPSA) is 62.5 Å². The third kappa shape index (κ3) is 3.27. The second-order valence-electron chi connectivity index (χ2n) is 6.14. The number of carboxylic acids is 1. The molecule has 1 fully saturated rings. The lowest BCUT2D eigenvalue weighted by molar-refractivity contribution is 0.0665. The number of furan rings is 1. The van der Waals surface area contributed by atoms with Crippen molar-refractivity contribution in [2.45, 2.75) is 45.2 Å². The molecule has 0 radical (unpaired) electrons. The van der Waals surface area contributed by atoms with Gasteiger partial charge in [-0.3, -0.25) is 0 Å². The zero-order chi connectivity index (χ0) is 14.8. The van der Waals surface area contributed by atoms with Gasteiger partial charge < -0.3 is 14.8 Å². The molecule has 0 bridgehead atoms. The van der Waals surface area contributed by atoms with Crippen molar-refractivity contribution in [1.29, 1.82) is 0 Å². The lowest BCUT2D eigenvalue weighted by Gasteiger charge is -2.27. The summed E-state index contributed by atoms with van der Waals surface area (Å²) in [5.74, 6) is -0.219. The molecule has 0 saturated heterocycles. The van der Waals surface area contributed by atoms with Crippen molar-refractivity contribution in [3.63, 3.8) is 0 Å². The first kappa shape index (κ1) is 14.1. The Morgan fingerprint density at radius 2 is 2.24 bits per heavy atom. The lowest BCUT2D eigenvalue weighted by Crippen LogP contribution is -2.33. The fourth-order valence-electron chi connectivity index (χ4n) is 3.19. The Labute approximate surface area is 124 Å². The number of aromatic carboxylic acids is 1. The molecule has 3 rings (SSSR count). The highest BCUT2D eigenvalue weighted by Gasteiger charge is 2.18. The number of carbonyl (C=O) groups is 1. The first-order valence-corrected chi connectivity index (χ1v) is 7.61. The standard InChI is InChI=1S/C17H21NO3/c1-11-3-2-4-14(7-11)18-10-12-5-6-15-13(8-12)9-16(21-15)17(19)20/h5-6,8-9,11,14,18H,2-4,7,10H2,1H3,(H,19,20). The molecule has 1 aromatic heterocycles. The molecule has 2 N–H and O–H groups in total. The summed E-state index contributed by atoms with van der Waals surface area (Å²) in [5, 5.41) is 13.4. The Hall–Kier alpha value is -1.81. The number of hydrogen-bond acceptors (Lipinski definition) is 3. The molecule has 112 valence electrons. The maximum atomic E-state index is 10.9. The average Bonchev–Trinajstić information content (AvgIpc) is 2.88. The van der Waals surface area contributed by atoms with Crippen molar-refractivity contribution in [3.8, 4) is 0 Å². The maximum absolute atomic E-state index is 10.9. The van der Waals surface area contributed by atoms with Crippen molar-refractivity contribution >= 4 is 16.9 Å². The normalized spacial score (nSPS) is 22.5. The van der Waals surface area contributed by atoms with Gasteiger partial charge in [-0.1, -0.05) is 25.8 Å². The molecule has 2 unspecified atom stereocenters. The van der Waals surface area contributed by atoms with Crippen LogP contribution in [-0.2, 0) is 6.54 Å². The average molecular weight is 287 g/mol. The van der Waals surface area contributed by atoms with Crippen LogP contribution in [0.4, 0.5) is 0 Å².